The van der Waals surface area contributed by atoms with Crippen LogP contribution in [0.15, 0.2) is 10.6 Å². The van der Waals surface area contributed by atoms with Crippen LogP contribution in [0.5, 0.6) is 0 Å². The smallest absolute Gasteiger partial charge is 0.320 e. The zero-order valence-corrected chi connectivity index (χ0v) is 14.5. The highest BCUT2D eigenvalue weighted by molar-refractivity contribution is 5.91. The summed E-state index contributed by atoms with van der Waals surface area (Å²) >= 11 is 0. The third-order valence-electron chi connectivity index (χ3n) is 3.79. The van der Waals surface area contributed by atoms with Gasteiger partial charge in [0.1, 0.15) is 6.04 Å². The van der Waals surface area contributed by atoms with Crippen LogP contribution in [-0.2, 0) is 15.0 Å². The number of halogens is 1. The lowest BCUT2D eigenvalue weighted by Gasteiger charge is -2.31. The SMILES string of the molecule is CC(C)(C)c1cc(NC(=O)CN2CCCCC2C(=O)O)on1.Cl. The zero-order chi connectivity index (χ0) is 16.3. The van der Waals surface area contributed by atoms with Gasteiger partial charge < -0.3 is 9.63 Å². The van der Waals surface area contributed by atoms with E-state index in [0.717, 1.165) is 18.5 Å². The Hall–Kier alpha value is -1.60. The maximum Gasteiger partial charge on any atom is 0.320 e. The summed E-state index contributed by atoms with van der Waals surface area (Å²) in [6.07, 6.45) is 2.37. The fourth-order valence-electron chi connectivity index (χ4n) is 2.51. The molecule has 1 atom stereocenters. The molecule has 0 radical (unpaired) electrons. The topological polar surface area (TPSA) is 95.7 Å². The van der Waals surface area contributed by atoms with E-state index in [-0.39, 0.29) is 30.3 Å². The number of anilines is 1. The summed E-state index contributed by atoms with van der Waals surface area (Å²) in [5.74, 6) is -0.870. The fourth-order valence-corrected chi connectivity index (χ4v) is 2.51. The number of hydrogen-bond donors (Lipinski definition) is 2. The number of aliphatic carboxylic acids is 1. The highest BCUT2D eigenvalue weighted by atomic mass is 35.5. The molecule has 0 spiro atoms. The molecule has 23 heavy (non-hydrogen) atoms. The molecule has 1 aliphatic rings. The summed E-state index contributed by atoms with van der Waals surface area (Å²) in [5.41, 5.74) is 0.595. The van der Waals surface area contributed by atoms with Gasteiger partial charge >= 0.3 is 5.97 Å². The standard InChI is InChI=1S/C15H23N3O4.ClH/c1-15(2,3)11-8-13(22-17-11)16-12(19)9-18-7-5-4-6-10(18)14(20)21;/h8,10H,4-7,9H2,1-3H3,(H,16,19)(H,20,21);1H. The first kappa shape index (κ1) is 19.4. The van der Waals surface area contributed by atoms with Crippen molar-refractivity contribution in [2.24, 2.45) is 0 Å². The van der Waals surface area contributed by atoms with E-state index in [2.05, 4.69) is 10.5 Å². The molecule has 7 nitrogen and oxygen atoms in total. The van der Waals surface area contributed by atoms with Gasteiger partial charge in [-0.25, -0.2) is 0 Å². The van der Waals surface area contributed by atoms with Gasteiger partial charge in [-0.3, -0.25) is 19.8 Å². The van der Waals surface area contributed by atoms with Crippen molar-refractivity contribution in [3.8, 4) is 0 Å². The predicted molar refractivity (Wildman–Crippen MR) is 87.9 cm³/mol. The average Bonchev–Trinajstić information content (AvgIpc) is 2.87. The third kappa shape index (κ3) is 5.21. The highest BCUT2D eigenvalue weighted by Crippen LogP contribution is 2.23. The highest BCUT2D eigenvalue weighted by Gasteiger charge is 2.30. The number of carbonyl (C=O) groups is 2. The Labute approximate surface area is 141 Å². The number of likely N-dealkylation sites (tertiary alicyclic amines) is 1. The van der Waals surface area contributed by atoms with Gasteiger partial charge in [-0.05, 0) is 19.4 Å². The van der Waals surface area contributed by atoms with Crippen LogP contribution in [0.3, 0.4) is 0 Å². The van der Waals surface area contributed by atoms with Crippen molar-refractivity contribution in [3.05, 3.63) is 11.8 Å². The lowest BCUT2D eigenvalue weighted by atomic mass is 9.92. The number of carbonyl (C=O) groups excluding carboxylic acids is 1. The number of aromatic nitrogens is 1. The van der Waals surface area contributed by atoms with Crippen LogP contribution in [0.1, 0.15) is 45.7 Å². The second kappa shape index (κ2) is 7.79. The molecule has 8 heteroatoms. The number of amides is 1. The molecule has 0 bridgehead atoms. The second-order valence-electron chi connectivity index (χ2n) is 6.69. The number of piperidine rings is 1. The Bertz CT molecular complexity index is 553. The molecular weight excluding hydrogens is 322 g/mol. The molecule has 1 amide bonds. The molecule has 1 saturated heterocycles. The van der Waals surface area contributed by atoms with Crippen LogP contribution in [0, 0.1) is 0 Å². The van der Waals surface area contributed by atoms with Gasteiger partial charge in [0.25, 0.3) is 0 Å². The predicted octanol–water partition coefficient (Wildman–Crippen LogP) is 2.27. The summed E-state index contributed by atoms with van der Waals surface area (Å²) in [6, 6.07) is 1.11. The minimum absolute atomic E-state index is 0. The zero-order valence-electron chi connectivity index (χ0n) is 13.7. The Kier molecular flexibility index (Phi) is 6.58. The van der Waals surface area contributed by atoms with Crippen LogP contribution >= 0.6 is 12.4 Å². The first-order valence-electron chi connectivity index (χ1n) is 7.51. The minimum Gasteiger partial charge on any atom is -0.480 e. The van der Waals surface area contributed by atoms with Crippen LogP contribution < -0.4 is 5.32 Å². The fraction of sp³-hybridized carbons (Fsp3) is 0.667. The lowest BCUT2D eigenvalue weighted by molar-refractivity contribution is -0.145. The number of hydrogen-bond acceptors (Lipinski definition) is 5. The van der Waals surface area contributed by atoms with Crippen LogP contribution in [0.2, 0.25) is 0 Å². The van der Waals surface area contributed by atoms with Gasteiger partial charge in [0.05, 0.1) is 12.2 Å². The number of rotatable bonds is 4. The van der Waals surface area contributed by atoms with E-state index in [1.54, 1.807) is 11.0 Å². The van der Waals surface area contributed by atoms with E-state index >= 15 is 0 Å². The van der Waals surface area contributed by atoms with Crippen LogP contribution in [0.25, 0.3) is 0 Å². The van der Waals surface area contributed by atoms with Crippen LogP contribution in [0.4, 0.5) is 5.88 Å². The molecule has 2 heterocycles. The van der Waals surface area contributed by atoms with Crippen molar-refractivity contribution < 1.29 is 19.2 Å². The maximum absolute atomic E-state index is 12.1. The first-order chi connectivity index (χ1) is 10.3. The number of carboxylic acids is 1. The van der Waals surface area contributed by atoms with E-state index in [4.69, 9.17) is 4.52 Å². The molecule has 0 saturated carbocycles. The lowest BCUT2D eigenvalue weighted by Crippen LogP contribution is -2.47. The Balaban J connectivity index is 0.00000264. The maximum atomic E-state index is 12.1. The normalized spacial score (nSPS) is 19.0. The molecule has 1 aliphatic heterocycles. The van der Waals surface area contributed by atoms with Crippen molar-refractivity contribution in [2.45, 2.75) is 51.5 Å². The molecule has 1 aromatic rings. The second-order valence-corrected chi connectivity index (χ2v) is 6.69. The molecule has 1 fully saturated rings. The van der Waals surface area contributed by atoms with E-state index < -0.39 is 12.0 Å². The largest absolute Gasteiger partial charge is 0.480 e. The van der Waals surface area contributed by atoms with Gasteiger partial charge in [0, 0.05) is 11.5 Å². The van der Waals surface area contributed by atoms with E-state index in [1.165, 1.54) is 0 Å². The van der Waals surface area contributed by atoms with E-state index in [9.17, 15) is 14.7 Å². The molecule has 1 unspecified atom stereocenters. The summed E-state index contributed by atoms with van der Waals surface area (Å²) in [4.78, 5) is 25.0. The number of carboxylic acid groups (broad SMARTS) is 1. The van der Waals surface area contributed by atoms with Gasteiger partial charge in [-0.1, -0.05) is 32.3 Å². The Morgan fingerprint density at radius 1 is 1.43 bits per heavy atom. The molecule has 0 aromatic carbocycles. The van der Waals surface area contributed by atoms with Crippen molar-refractivity contribution >= 4 is 30.2 Å². The van der Waals surface area contributed by atoms with Gasteiger partial charge in [0.2, 0.25) is 11.8 Å². The summed E-state index contributed by atoms with van der Waals surface area (Å²) in [7, 11) is 0. The summed E-state index contributed by atoms with van der Waals surface area (Å²) in [6.45, 7) is 6.67. The molecular formula is C15H24ClN3O4. The molecule has 2 rings (SSSR count). The number of nitrogens with one attached hydrogen (secondary N) is 1. The van der Waals surface area contributed by atoms with Crippen molar-refractivity contribution in [1.29, 1.82) is 0 Å². The summed E-state index contributed by atoms with van der Waals surface area (Å²) < 4.78 is 5.11. The molecule has 130 valence electrons. The van der Waals surface area contributed by atoms with Gasteiger partial charge in [-0.15, -0.1) is 12.4 Å². The summed E-state index contributed by atoms with van der Waals surface area (Å²) in [5, 5.41) is 15.8. The quantitative estimate of drug-likeness (QED) is 0.869. The van der Waals surface area contributed by atoms with Crippen LogP contribution in [-0.4, -0.2) is 46.2 Å². The Morgan fingerprint density at radius 3 is 2.70 bits per heavy atom. The molecule has 1 aromatic heterocycles. The number of nitrogens with zero attached hydrogens (tertiary/aromatic N) is 2. The van der Waals surface area contributed by atoms with E-state index in [0.29, 0.717) is 18.8 Å². The molecule has 2 N–H and O–H groups in total. The Morgan fingerprint density at radius 2 is 2.13 bits per heavy atom. The minimum atomic E-state index is -0.873. The molecule has 0 aliphatic carbocycles. The average molecular weight is 346 g/mol. The first-order valence-corrected chi connectivity index (χ1v) is 7.51. The van der Waals surface area contributed by atoms with Gasteiger partial charge in [-0.2, -0.15) is 0 Å². The van der Waals surface area contributed by atoms with Crippen molar-refractivity contribution in [3.63, 3.8) is 0 Å². The third-order valence-corrected chi connectivity index (χ3v) is 3.79. The van der Waals surface area contributed by atoms with E-state index in [1.807, 2.05) is 20.8 Å². The van der Waals surface area contributed by atoms with Crippen molar-refractivity contribution in [2.75, 3.05) is 18.4 Å². The van der Waals surface area contributed by atoms with Gasteiger partial charge in [0.15, 0.2) is 0 Å². The monoisotopic (exact) mass is 345 g/mol. The van der Waals surface area contributed by atoms with Crippen molar-refractivity contribution in [1.82, 2.24) is 10.1 Å².